The predicted octanol–water partition coefficient (Wildman–Crippen LogP) is 2.95. The SMILES string of the molecule is O=C(NCCCN1CCCC1=O)c1ccc(Br)cc1Br. The van der Waals surface area contributed by atoms with Crippen LogP contribution in [0.25, 0.3) is 0 Å². The minimum Gasteiger partial charge on any atom is -0.352 e. The van der Waals surface area contributed by atoms with Gasteiger partial charge in [-0.1, -0.05) is 15.9 Å². The molecule has 1 aliphatic rings. The van der Waals surface area contributed by atoms with E-state index in [9.17, 15) is 9.59 Å². The number of carbonyl (C=O) groups is 2. The highest BCUT2D eigenvalue weighted by Crippen LogP contribution is 2.21. The Morgan fingerprint density at radius 3 is 2.80 bits per heavy atom. The number of carbonyl (C=O) groups excluding carboxylic acids is 2. The van der Waals surface area contributed by atoms with Crippen molar-refractivity contribution in [1.82, 2.24) is 10.2 Å². The fourth-order valence-electron chi connectivity index (χ4n) is 2.18. The lowest BCUT2D eigenvalue weighted by molar-refractivity contribution is -0.127. The van der Waals surface area contributed by atoms with E-state index in [1.807, 2.05) is 17.0 Å². The van der Waals surface area contributed by atoms with E-state index >= 15 is 0 Å². The van der Waals surface area contributed by atoms with Gasteiger partial charge in [0.1, 0.15) is 0 Å². The lowest BCUT2D eigenvalue weighted by Gasteiger charge is -2.15. The van der Waals surface area contributed by atoms with Gasteiger partial charge < -0.3 is 10.2 Å². The first-order chi connectivity index (χ1) is 9.58. The normalized spacial score (nSPS) is 14.7. The van der Waals surface area contributed by atoms with E-state index in [4.69, 9.17) is 0 Å². The third kappa shape index (κ3) is 4.06. The molecule has 0 radical (unpaired) electrons. The maximum atomic E-state index is 12.0. The van der Waals surface area contributed by atoms with Gasteiger partial charge in [0.05, 0.1) is 5.56 Å². The third-order valence-corrected chi connectivity index (χ3v) is 4.39. The number of amides is 2. The summed E-state index contributed by atoms with van der Waals surface area (Å²) >= 11 is 6.73. The fraction of sp³-hybridized carbons (Fsp3) is 0.429. The summed E-state index contributed by atoms with van der Waals surface area (Å²) in [5.41, 5.74) is 0.616. The number of likely N-dealkylation sites (tertiary alicyclic amines) is 1. The zero-order valence-corrected chi connectivity index (χ0v) is 14.2. The molecule has 1 aromatic rings. The molecule has 0 spiro atoms. The Balaban J connectivity index is 1.76. The van der Waals surface area contributed by atoms with Crippen molar-refractivity contribution in [2.75, 3.05) is 19.6 Å². The standard InChI is InChI=1S/C14H16Br2N2O2/c15-10-4-5-11(12(16)9-10)14(20)17-6-2-8-18-7-1-3-13(18)19/h4-5,9H,1-3,6-8H2,(H,17,20). The smallest absolute Gasteiger partial charge is 0.252 e. The number of nitrogens with one attached hydrogen (secondary N) is 1. The van der Waals surface area contributed by atoms with E-state index < -0.39 is 0 Å². The maximum absolute atomic E-state index is 12.0. The second-order valence-electron chi connectivity index (χ2n) is 4.72. The van der Waals surface area contributed by atoms with Gasteiger partial charge in [0.15, 0.2) is 0 Å². The molecule has 6 heteroatoms. The van der Waals surface area contributed by atoms with Crippen molar-refractivity contribution in [3.05, 3.63) is 32.7 Å². The number of nitrogens with zero attached hydrogens (tertiary/aromatic N) is 1. The Labute approximate surface area is 135 Å². The van der Waals surface area contributed by atoms with Crippen molar-refractivity contribution in [1.29, 1.82) is 0 Å². The summed E-state index contributed by atoms with van der Waals surface area (Å²) in [5.74, 6) is 0.129. The van der Waals surface area contributed by atoms with Crippen LogP contribution in [0.4, 0.5) is 0 Å². The summed E-state index contributed by atoms with van der Waals surface area (Å²) in [6.07, 6.45) is 2.40. The molecule has 20 heavy (non-hydrogen) atoms. The highest BCUT2D eigenvalue weighted by molar-refractivity contribution is 9.11. The molecule has 1 saturated heterocycles. The van der Waals surface area contributed by atoms with Crippen LogP contribution >= 0.6 is 31.9 Å². The molecule has 1 aliphatic heterocycles. The minimum absolute atomic E-state index is 0.0999. The van der Waals surface area contributed by atoms with Crippen molar-refractivity contribution >= 4 is 43.7 Å². The van der Waals surface area contributed by atoms with Crippen LogP contribution in [0, 0.1) is 0 Å². The molecule has 0 saturated carbocycles. The van der Waals surface area contributed by atoms with E-state index in [-0.39, 0.29) is 11.8 Å². The predicted molar refractivity (Wildman–Crippen MR) is 84.6 cm³/mol. The van der Waals surface area contributed by atoms with Gasteiger partial charge in [-0.05, 0) is 47.0 Å². The second-order valence-corrected chi connectivity index (χ2v) is 6.49. The molecule has 0 atom stereocenters. The Hall–Kier alpha value is -0.880. The number of rotatable bonds is 5. The van der Waals surface area contributed by atoms with Crippen molar-refractivity contribution in [2.24, 2.45) is 0 Å². The van der Waals surface area contributed by atoms with Gasteiger partial charge in [-0.3, -0.25) is 9.59 Å². The first-order valence-electron chi connectivity index (χ1n) is 6.59. The lowest BCUT2D eigenvalue weighted by atomic mass is 10.2. The number of halogens is 2. The first-order valence-corrected chi connectivity index (χ1v) is 8.17. The van der Waals surface area contributed by atoms with E-state index in [2.05, 4.69) is 37.2 Å². The van der Waals surface area contributed by atoms with E-state index in [0.29, 0.717) is 18.5 Å². The number of hydrogen-bond donors (Lipinski definition) is 1. The van der Waals surface area contributed by atoms with Gasteiger partial charge in [-0.15, -0.1) is 0 Å². The molecule has 2 rings (SSSR count). The monoisotopic (exact) mass is 402 g/mol. The molecule has 0 bridgehead atoms. The van der Waals surface area contributed by atoms with Gasteiger partial charge in [0.25, 0.3) is 5.91 Å². The minimum atomic E-state index is -0.0999. The van der Waals surface area contributed by atoms with E-state index in [0.717, 1.165) is 34.9 Å². The summed E-state index contributed by atoms with van der Waals surface area (Å²) in [7, 11) is 0. The van der Waals surface area contributed by atoms with Gasteiger partial charge in [-0.25, -0.2) is 0 Å². The highest BCUT2D eigenvalue weighted by atomic mass is 79.9. The molecular formula is C14H16Br2N2O2. The van der Waals surface area contributed by atoms with E-state index in [1.165, 1.54) is 0 Å². The van der Waals surface area contributed by atoms with Gasteiger partial charge in [0.2, 0.25) is 5.91 Å². The Morgan fingerprint density at radius 1 is 1.35 bits per heavy atom. The molecule has 0 aliphatic carbocycles. The Kier molecular flexibility index (Phi) is 5.60. The summed E-state index contributed by atoms with van der Waals surface area (Å²) < 4.78 is 1.69. The molecule has 4 nitrogen and oxygen atoms in total. The van der Waals surface area contributed by atoms with Crippen LogP contribution in [0.5, 0.6) is 0 Å². The molecule has 1 fully saturated rings. The largest absolute Gasteiger partial charge is 0.352 e. The summed E-state index contributed by atoms with van der Waals surface area (Å²) in [6, 6.07) is 5.45. The molecule has 1 aromatic carbocycles. The van der Waals surface area contributed by atoms with E-state index in [1.54, 1.807) is 6.07 Å². The molecule has 108 valence electrons. The first kappa shape index (κ1) is 15.5. The molecule has 0 aromatic heterocycles. The van der Waals surface area contributed by atoms with Crippen LogP contribution in [-0.2, 0) is 4.79 Å². The average Bonchev–Trinajstić information content (AvgIpc) is 2.80. The average molecular weight is 404 g/mol. The lowest BCUT2D eigenvalue weighted by Crippen LogP contribution is -2.30. The number of hydrogen-bond acceptors (Lipinski definition) is 2. The summed E-state index contributed by atoms with van der Waals surface area (Å²) in [6.45, 7) is 2.15. The molecule has 2 amide bonds. The van der Waals surface area contributed by atoms with Crippen LogP contribution in [0.2, 0.25) is 0 Å². The molecular weight excluding hydrogens is 388 g/mol. The zero-order chi connectivity index (χ0) is 14.5. The van der Waals surface area contributed by atoms with Crippen LogP contribution in [0.3, 0.4) is 0 Å². The van der Waals surface area contributed by atoms with Crippen molar-refractivity contribution in [3.8, 4) is 0 Å². The molecule has 1 heterocycles. The fourth-order valence-corrected chi connectivity index (χ4v) is 3.41. The summed E-state index contributed by atoms with van der Waals surface area (Å²) in [4.78, 5) is 25.3. The maximum Gasteiger partial charge on any atom is 0.252 e. The van der Waals surface area contributed by atoms with Crippen LogP contribution < -0.4 is 5.32 Å². The number of benzene rings is 1. The topological polar surface area (TPSA) is 49.4 Å². The van der Waals surface area contributed by atoms with Crippen LogP contribution in [-0.4, -0.2) is 36.3 Å². The van der Waals surface area contributed by atoms with Crippen molar-refractivity contribution in [2.45, 2.75) is 19.3 Å². The summed E-state index contributed by atoms with van der Waals surface area (Å²) in [5, 5.41) is 2.88. The zero-order valence-electron chi connectivity index (χ0n) is 11.0. The Morgan fingerprint density at radius 2 is 2.15 bits per heavy atom. The third-order valence-electron chi connectivity index (χ3n) is 3.24. The van der Waals surface area contributed by atoms with Crippen molar-refractivity contribution < 1.29 is 9.59 Å². The quantitative estimate of drug-likeness (QED) is 0.768. The van der Waals surface area contributed by atoms with Gasteiger partial charge >= 0.3 is 0 Å². The van der Waals surface area contributed by atoms with Crippen LogP contribution in [0.1, 0.15) is 29.6 Å². The highest BCUT2D eigenvalue weighted by Gasteiger charge is 2.19. The van der Waals surface area contributed by atoms with Gasteiger partial charge in [-0.2, -0.15) is 0 Å². The Bertz CT molecular complexity index is 520. The molecule has 1 N–H and O–H groups in total. The second kappa shape index (κ2) is 7.22. The van der Waals surface area contributed by atoms with Gasteiger partial charge in [0, 0.05) is 35.0 Å². The molecule has 0 unspecified atom stereocenters. The van der Waals surface area contributed by atoms with Crippen LogP contribution in [0.15, 0.2) is 27.1 Å². The van der Waals surface area contributed by atoms with Crippen molar-refractivity contribution in [3.63, 3.8) is 0 Å².